The Hall–Kier alpha value is -1.31. The first-order valence-corrected chi connectivity index (χ1v) is 5.49. The zero-order chi connectivity index (χ0) is 12.4. The number of aromatic nitrogens is 2. The van der Waals surface area contributed by atoms with Crippen molar-refractivity contribution in [1.82, 2.24) is 9.55 Å². The van der Waals surface area contributed by atoms with Gasteiger partial charge in [0.25, 0.3) is 0 Å². The van der Waals surface area contributed by atoms with Crippen LogP contribution in [0.2, 0.25) is 0 Å². The molecule has 0 spiro atoms. The number of rotatable bonds is 2. The molecule has 1 rings (SSSR count). The molecule has 0 aliphatic carbocycles. The number of aryl methyl sites for hydroxylation is 1. The van der Waals surface area contributed by atoms with E-state index in [4.69, 9.17) is 0 Å². The maximum atomic E-state index is 4.14. The fourth-order valence-corrected chi connectivity index (χ4v) is 1.000. The molecule has 0 aliphatic heterocycles. The van der Waals surface area contributed by atoms with Crippen LogP contribution < -0.4 is 0 Å². The summed E-state index contributed by atoms with van der Waals surface area (Å²) in [6, 6.07) is 0. The number of allylic oxidation sites excluding steroid dienone is 1. The molecule has 1 heterocycles. The van der Waals surface area contributed by atoms with E-state index in [-0.39, 0.29) is 0 Å². The molecular formula is C13H24N2. The molecule has 0 atom stereocenters. The lowest BCUT2D eigenvalue weighted by Gasteiger charge is -2.01. The number of hydrogen-bond acceptors (Lipinski definition) is 1. The van der Waals surface area contributed by atoms with Crippen LogP contribution in [-0.4, -0.2) is 9.55 Å². The molecular weight excluding hydrogens is 184 g/mol. The Bertz CT molecular complexity index is 295. The highest BCUT2D eigenvalue weighted by molar-refractivity contribution is 5.60. The molecule has 0 radical (unpaired) electrons. The molecule has 86 valence electrons. The Morgan fingerprint density at radius 1 is 1.33 bits per heavy atom. The van der Waals surface area contributed by atoms with Crippen molar-refractivity contribution in [1.29, 1.82) is 0 Å². The molecule has 0 aliphatic rings. The lowest BCUT2D eigenvalue weighted by atomic mass is 10.3. The predicted octanol–water partition coefficient (Wildman–Crippen LogP) is 4.38. The van der Waals surface area contributed by atoms with E-state index in [1.807, 2.05) is 46.1 Å². The van der Waals surface area contributed by atoms with E-state index >= 15 is 0 Å². The van der Waals surface area contributed by atoms with Gasteiger partial charge in [0.2, 0.25) is 0 Å². The first-order valence-electron chi connectivity index (χ1n) is 5.49. The van der Waals surface area contributed by atoms with Crippen molar-refractivity contribution >= 4 is 11.8 Å². The third-order valence-corrected chi connectivity index (χ3v) is 1.60. The standard InChI is InChI=1S/C9H12N2.2C2H6/c1-5-11-8(4)10-6-9(11)7(2)3;2*1-2/h5-6H,1-2H2,3-4H3;2*1-2H3. The molecule has 1 aromatic heterocycles. The third kappa shape index (κ3) is 4.63. The number of hydrogen-bond donors (Lipinski definition) is 0. The second kappa shape index (κ2) is 9.25. The highest BCUT2D eigenvalue weighted by Gasteiger charge is 2.02. The number of imidazole rings is 1. The average Bonchev–Trinajstić information content (AvgIpc) is 2.65. The van der Waals surface area contributed by atoms with Crippen molar-refractivity contribution in [2.24, 2.45) is 0 Å². The Morgan fingerprint density at radius 2 is 1.80 bits per heavy atom. The molecule has 0 saturated heterocycles. The SMILES string of the molecule is C=Cn1c(C(=C)C)cnc1C.CC.CC. The van der Waals surface area contributed by atoms with Crippen LogP contribution >= 0.6 is 0 Å². The van der Waals surface area contributed by atoms with Gasteiger partial charge in [0.1, 0.15) is 5.82 Å². The van der Waals surface area contributed by atoms with E-state index in [0.717, 1.165) is 17.1 Å². The van der Waals surface area contributed by atoms with Crippen LogP contribution in [0.3, 0.4) is 0 Å². The van der Waals surface area contributed by atoms with E-state index in [9.17, 15) is 0 Å². The average molecular weight is 208 g/mol. The fraction of sp³-hybridized carbons (Fsp3) is 0.462. The Labute approximate surface area is 94.4 Å². The summed E-state index contributed by atoms with van der Waals surface area (Å²) in [5.74, 6) is 0.943. The summed E-state index contributed by atoms with van der Waals surface area (Å²) in [5.41, 5.74) is 2.03. The van der Waals surface area contributed by atoms with Gasteiger partial charge in [-0.15, -0.1) is 0 Å². The topological polar surface area (TPSA) is 17.8 Å². The van der Waals surface area contributed by atoms with Crippen LogP contribution in [0.5, 0.6) is 0 Å². The minimum Gasteiger partial charge on any atom is -0.304 e. The lowest BCUT2D eigenvalue weighted by molar-refractivity contribution is 1.02. The lowest BCUT2D eigenvalue weighted by Crippen LogP contribution is -1.93. The molecule has 0 amide bonds. The smallest absolute Gasteiger partial charge is 0.110 e. The van der Waals surface area contributed by atoms with Gasteiger partial charge in [-0.05, 0) is 19.4 Å². The van der Waals surface area contributed by atoms with E-state index in [2.05, 4.69) is 18.1 Å². The van der Waals surface area contributed by atoms with Crippen LogP contribution in [0, 0.1) is 6.92 Å². The van der Waals surface area contributed by atoms with Gasteiger partial charge in [0, 0.05) is 6.20 Å². The van der Waals surface area contributed by atoms with Crippen molar-refractivity contribution in [3.8, 4) is 0 Å². The monoisotopic (exact) mass is 208 g/mol. The normalized spacial score (nSPS) is 7.87. The molecule has 0 fully saturated rings. The zero-order valence-corrected chi connectivity index (χ0v) is 11.0. The van der Waals surface area contributed by atoms with E-state index in [0.29, 0.717) is 0 Å². The van der Waals surface area contributed by atoms with Gasteiger partial charge in [-0.1, -0.05) is 40.9 Å². The summed E-state index contributed by atoms with van der Waals surface area (Å²) in [6.45, 7) is 19.4. The first kappa shape index (κ1) is 16.1. The maximum absolute atomic E-state index is 4.14. The molecule has 0 aromatic carbocycles. The molecule has 0 saturated carbocycles. The second-order valence-corrected chi connectivity index (χ2v) is 2.52. The van der Waals surface area contributed by atoms with Gasteiger partial charge in [-0.3, -0.25) is 0 Å². The summed E-state index contributed by atoms with van der Waals surface area (Å²) in [7, 11) is 0. The summed E-state index contributed by atoms with van der Waals surface area (Å²) in [4.78, 5) is 4.14. The largest absolute Gasteiger partial charge is 0.304 e. The molecule has 15 heavy (non-hydrogen) atoms. The van der Waals surface area contributed by atoms with Gasteiger partial charge in [0.15, 0.2) is 0 Å². The first-order chi connectivity index (χ1) is 7.16. The quantitative estimate of drug-likeness (QED) is 0.705. The molecule has 1 aromatic rings. The van der Waals surface area contributed by atoms with Gasteiger partial charge in [-0.2, -0.15) is 0 Å². The van der Waals surface area contributed by atoms with Gasteiger partial charge in [-0.25, -0.2) is 4.98 Å². The van der Waals surface area contributed by atoms with Crippen LogP contribution in [0.15, 0.2) is 19.4 Å². The van der Waals surface area contributed by atoms with E-state index in [1.54, 1.807) is 12.4 Å². The van der Waals surface area contributed by atoms with E-state index in [1.165, 1.54) is 0 Å². The van der Waals surface area contributed by atoms with Crippen LogP contribution in [0.1, 0.15) is 46.1 Å². The minimum absolute atomic E-state index is 0.943. The molecule has 0 N–H and O–H groups in total. The molecule has 0 bridgehead atoms. The Kier molecular flexibility index (Phi) is 9.95. The van der Waals surface area contributed by atoms with Gasteiger partial charge in [0.05, 0.1) is 11.9 Å². The number of nitrogens with zero attached hydrogens (tertiary/aromatic N) is 2. The van der Waals surface area contributed by atoms with Gasteiger partial charge >= 0.3 is 0 Å². The fourth-order valence-electron chi connectivity index (χ4n) is 1.000. The predicted molar refractivity (Wildman–Crippen MR) is 70.8 cm³/mol. The summed E-state index contributed by atoms with van der Waals surface area (Å²) in [5, 5.41) is 0. The van der Waals surface area contributed by atoms with Crippen molar-refractivity contribution in [3.63, 3.8) is 0 Å². The summed E-state index contributed by atoms with van der Waals surface area (Å²) >= 11 is 0. The minimum atomic E-state index is 0.943. The highest BCUT2D eigenvalue weighted by Crippen LogP contribution is 2.13. The molecule has 0 unspecified atom stereocenters. The van der Waals surface area contributed by atoms with Crippen molar-refractivity contribution in [2.45, 2.75) is 41.5 Å². The second-order valence-electron chi connectivity index (χ2n) is 2.52. The van der Waals surface area contributed by atoms with Gasteiger partial charge < -0.3 is 4.57 Å². The van der Waals surface area contributed by atoms with E-state index < -0.39 is 0 Å². The Morgan fingerprint density at radius 3 is 2.07 bits per heavy atom. The molecule has 2 heteroatoms. The van der Waals surface area contributed by atoms with Crippen LogP contribution in [0.25, 0.3) is 11.8 Å². The Balaban J connectivity index is 0. The third-order valence-electron chi connectivity index (χ3n) is 1.60. The maximum Gasteiger partial charge on any atom is 0.110 e. The van der Waals surface area contributed by atoms with Crippen molar-refractivity contribution in [2.75, 3.05) is 0 Å². The zero-order valence-electron chi connectivity index (χ0n) is 11.0. The van der Waals surface area contributed by atoms with Crippen molar-refractivity contribution < 1.29 is 0 Å². The highest BCUT2D eigenvalue weighted by atomic mass is 15.1. The molecule has 2 nitrogen and oxygen atoms in total. The van der Waals surface area contributed by atoms with Crippen molar-refractivity contribution in [3.05, 3.63) is 30.9 Å². The summed E-state index contributed by atoms with van der Waals surface area (Å²) in [6.07, 6.45) is 3.55. The van der Waals surface area contributed by atoms with Crippen LogP contribution in [0.4, 0.5) is 0 Å². The van der Waals surface area contributed by atoms with Crippen LogP contribution in [-0.2, 0) is 0 Å². The summed E-state index contributed by atoms with van der Waals surface area (Å²) < 4.78 is 1.92.